The second-order valence-electron chi connectivity index (χ2n) is 6.28. The van der Waals surface area contributed by atoms with E-state index in [9.17, 15) is 10.2 Å². The van der Waals surface area contributed by atoms with Crippen LogP contribution < -0.4 is 0 Å². The first kappa shape index (κ1) is 16.2. The van der Waals surface area contributed by atoms with Gasteiger partial charge in [0.1, 0.15) is 0 Å². The fraction of sp³-hybridized carbons (Fsp3) is 0.400. The zero-order valence-electron chi connectivity index (χ0n) is 13.4. The average molecular weight is 311 g/mol. The lowest BCUT2D eigenvalue weighted by molar-refractivity contribution is 0.00597. The van der Waals surface area contributed by atoms with E-state index in [-0.39, 0.29) is 12.6 Å². The fourth-order valence-corrected chi connectivity index (χ4v) is 3.39. The Morgan fingerprint density at radius 3 is 2.04 bits per heavy atom. The Kier molecular flexibility index (Phi) is 5.44. The first-order valence-electron chi connectivity index (χ1n) is 8.48. The Bertz CT molecular complexity index is 591. The van der Waals surface area contributed by atoms with E-state index >= 15 is 0 Å². The average Bonchev–Trinajstić information content (AvgIpc) is 2.64. The molecule has 2 atom stereocenters. The number of benzene rings is 2. The summed E-state index contributed by atoms with van der Waals surface area (Å²) in [7, 11) is 0. The van der Waals surface area contributed by atoms with E-state index in [0.29, 0.717) is 0 Å². The minimum Gasteiger partial charge on any atom is -0.395 e. The Labute approximate surface area is 138 Å². The minimum absolute atomic E-state index is 0.0123. The lowest BCUT2D eigenvalue weighted by Crippen LogP contribution is -2.45. The third-order valence-corrected chi connectivity index (χ3v) is 4.77. The van der Waals surface area contributed by atoms with Crippen LogP contribution in [0.4, 0.5) is 0 Å². The van der Waals surface area contributed by atoms with Gasteiger partial charge in [0.2, 0.25) is 0 Å². The van der Waals surface area contributed by atoms with Crippen LogP contribution in [0.1, 0.15) is 30.9 Å². The molecule has 3 nitrogen and oxygen atoms in total. The summed E-state index contributed by atoms with van der Waals surface area (Å²) in [5.74, 6) is 0. The quantitative estimate of drug-likeness (QED) is 0.891. The predicted octanol–water partition coefficient (Wildman–Crippen LogP) is 3.23. The Hall–Kier alpha value is -1.68. The van der Waals surface area contributed by atoms with Crippen LogP contribution in [0, 0.1) is 0 Å². The van der Waals surface area contributed by atoms with Crippen molar-refractivity contribution in [2.24, 2.45) is 0 Å². The third kappa shape index (κ3) is 3.81. The molecule has 1 saturated heterocycles. The van der Waals surface area contributed by atoms with Gasteiger partial charge in [0.15, 0.2) is 0 Å². The van der Waals surface area contributed by atoms with Crippen LogP contribution in [0.5, 0.6) is 0 Å². The van der Waals surface area contributed by atoms with E-state index < -0.39 is 6.10 Å². The SMILES string of the molecule is OC[C@@H]([C@@H](O)c1ccc(-c2ccccc2)cc1)N1CCCCC1. The normalized spacial score (nSPS) is 18.5. The summed E-state index contributed by atoms with van der Waals surface area (Å²) >= 11 is 0. The highest BCUT2D eigenvalue weighted by atomic mass is 16.3. The summed E-state index contributed by atoms with van der Waals surface area (Å²) in [6, 6.07) is 18.0. The van der Waals surface area contributed by atoms with Gasteiger partial charge in [-0.15, -0.1) is 0 Å². The summed E-state index contributed by atoms with van der Waals surface area (Å²) in [5.41, 5.74) is 3.18. The molecule has 0 amide bonds. The van der Waals surface area contributed by atoms with Gasteiger partial charge in [-0.2, -0.15) is 0 Å². The standard InChI is InChI=1S/C20H25NO2/c22-15-19(21-13-5-2-6-14-21)20(23)18-11-9-17(10-12-18)16-7-3-1-4-8-16/h1,3-4,7-12,19-20,22-23H,2,5-6,13-15H2/t19-,20-/m0/s1. The maximum absolute atomic E-state index is 10.7. The second kappa shape index (κ2) is 7.73. The van der Waals surface area contributed by atoms with E-state index in [1.165, 1.54) is 12.0 Å². The largest absolute Gasteiger partial charge is 0.395 e. The first-order valence-corrected chi connectivity index (χ1v) is 8.48. The van der Waals surface area contributed by atoms with Crippen molar-refractivity contribution in [2.45, 2.75) is 31.4 Å². The van der Waals surface area contributed by atoms with Crippen molar-refractivity contribution in [1.29, 1.82) is 0 Å². The maximum atomic E-state index is 10.7. The van der Waals surface area contributed by atoms with Crippen LogP contribution in [0.15, 0.2) is 54.6 Å². The van der Waals surface area contributed by atoms with Gasteiger partial charge in [0, 0.05) is 0 Å². The lowest BCUT2D eigenvalue weighted by atomic mass is 9.96. The number of nitrogens with zero attached hydrogens (tertiary/aromatic N) is 1. The summed E-state index contributed by atoms with van der Waals surface area (Å²) < 4.78 is 0. The van der Waals surface area contributed by atoms with Gasteiger partial charge in [-0.05, 0) is 42.6 Å². The Morgan fingerprint density at radius 2 is 1.43 bits per heavy atom. The molecule has 1 aliphatic heterocycles. The van der Waals surface area contributed by atoms with Crippen LogP contribution in [-0.2, 0) is 0 Å². The van der Waals surface area contributed by atoms with E-state index in [0.717, 1.165) is 37.1 Å². The number of hydrogen-bond acceptors (Lipinski definition) is 3. The first-order chi connectivity index (χ1) is 11.3. The summed E-state index contributed by atoms with van der Waals surface area (Å²) in [5, 5.41) is 20.4. The van der Waals surface area contributed by atoms with Gasteiger partial charge in [-0.25, -0.2) is 0 Å². The predicted molar refractivity (Wildman–Crippen MR) is 93.1 cm³/mol. The van der Waals surface area contributed by atoms with E-state index in [1.807, 2.05) is 42.5 Å². The number of aliphatic hydroxyl groups is 2. The van der Waals surface area contributed by atoms with E-state index in [4.69, 9.17) is 0 Å². The van der Waals surface area contributed by atoms with Gasteiger partial charge >= 0.3 is 0 Å². The Balaban J connectivity index is 1.74. The third-order valence-electron chi connectivity index (χ3n) is 4.77. The molecule has 2 aromatic rings. The van der Waals surface area contributed by atoms with Gasteiger partial charge < -0.3 is 10.2 Å². The number of rotatable bonds is 5. The molecule has 23 heavy (non-hydrogen) atoms. The van der Waals surface area contributed by atoms with Crippen molar-refractivity contribution < 1.29 is 10.2 Å². The second-order valence-corrected chi connectivity index (χ2v) is 6.28. The molecular weight excluding hydrogens is 286 g/mol. The molecule has 1 heterocycles. The van der Waals surface area contributed by atoms with Gasteiger partial charge in [-0.3, -0.25) is 4.90 Å². The number of aliphatic hydroxyl groups excluding tert-OH is 2. The monoisotopic (exact) mass is 311 g/mol. The van der Waals surface area contributed by atoms with Gasteiger partial charge in [0.05, 0.1) is 18.8 Å². The van der Waals surface area contributed by atoms with Crippen molar-refractivity contribution in [3.8, 4) is 11.1 Å². The van der Waals surface area contributed by atoms with Crippen molar-refractivity contribution in [1.82, 2.24) is 4.90 Å². The van der Waals surface area contributed by atoms with E-state index in [1.54, 1.807) is 0 Å². The zero-order chi connectivity index (χ0) is 16.1. The highest BCUT2D eigenvalue weighted by Crippen LogP contribution is 2.26. The van der Waals surface area contributed by atoms with Crippen LogP contribution in [0.25, 0.3) is 11.1 Å². The molecule has 1 aliphatic rings. The van der Waals surface area contributed by atoms with Gasteiger partial charge in [0.25, 0.3) is 0 Å². The smallest absolute Gasteiger partial charge is 0.0967 e. The molecule has 0 aliphatic carbocycles. The molecule has 0 radical (unpaired) electrons. The molecule has 0 unspecified atom stereocenters. The summed E-state index contributed by atoms with van der Waals surface area (Å²) in [6.45, 7) is 1.91. The van der Waals surface area contributed by atoms with Crippen LogP contribution >= 0.6 is 0 Å². The Morgan fingerprint density at radius 1 is 0.826 bits per heavy atom. The molecule has 0 spiro atoms. The van der Waals surface area contributed by atoms with Crippen molar-refractivity contribution >= 4 is 0 Å². The number of hydrogen-bond donors (Lipinski definition) is 2. The lowest BCUT2D eigenvalue weighted by Gasteiger charge is -2.36. The molecule has 0 aromatic heterocycles. The molecule has 1 fully saturated rings. The number of piperidine rings is 1. The molecule has 2 N–H and O–H groups in total. The molecule has 3 rings (SSSR count). The van der Waals surface area contributed by atoms with E-state index in [2.05, 4.69) is 17.0 Å². The molecular formula is C20H25NO2. The summed E-state index contributed by atoms with van der Waals surface area (Å²) in [6.07, 6.45) is 2.89. The highest BCUT2D eigenvalue weighted by Gasteiger charge is 2.27. The topological polar surface area (TPSA) is 43.7 Å². The molecule has 122 valence electrons. The zero-order valence-corrected chi connectivity index (χ0v) is 13.4. The summed E-state index contributed by atoms with van der Waals surface area (Å²) in [4.78, 5) is 2.22. The van der Waals surface area contributed by atoms with Gasteiger partial charge in [-0.1, -0.05) is 61.0 Å². The molecule has 0 bridgehead atoms. The number of likely N-dealkylation sites (tertiary alicyclic amines) is 1. The van der Waals surface area contributed by atoms with Crippen LogP contribution in [0.2, 0.25) is 0 Å². The maximum Gasteiger partial charge on any atom is 0.0967 e. The molecule has 2 aromatic carbocycles. The van der Waals surface area contributed by atoms with Crippen molar-refractivity contribution in [3.05, 3.63) is 60.2 Å². The molecule has 0 saturated carbocycles. The molecule has 3 heteroatoms. The van der Waals surface area contributed by atoms with Crippen LogP contribution in [-0.4, -0.2) is 40.9 Å². The fourth-order valence-electron chi connectivity index (χ4n) is 3.39. The van der Waals surface area contributed by atoms with Crippen LogP contribution in [0.3, 0.4) is 0 Å². The van der Waals surface area contributed by atoms with Crippen molar-refractivity contribution in [2.75, 3.05) is 19.7 Å². The minimum atomic E-state index is -0.650. The van der Waals surface area contributed by atoms with Crippen molar-refractivity contribution in [3.63, 3.8) is 0 Å². The highest BCUT2D eigenvalue weighted by molar-refractivity contribution is 5.63.